The van der Waals surface area contributed by atoms with Gasteiger partial charge in [-0.25, -0.2) is 4.79 Å². The summed E-state index contributed by atoms with van der Waals surface area (Å²) in [6, 6.07) is 5.67. The Balaban J connectivity index is 2.42. The average Bonchev–Trinajstić information content (AvgIpc) is 2.24. The summed E-state index contributed by atoms with van der Waals surface area (Å²) in [7, 11) is 0. The Hall–Kier alpha value is -1.60. The third-order valence-corrected chi connectivity index (χ3v) is 3.63. The van der Waals surface area contributed by atoms with Crippen molar-refractivity contribution in [2.75, 3.05) is 0 Å². The second-order valence-electron chi connectivity index (χ2n) is 5.02. The SMILES string of the molecule is CC(C)c1ccc(C2(N=C=O)CCC2)c(O)c1. The van der Waals surface area contributed by atoms with Gasteiger partial charge in [-0.05, 0) is 36.8 Å². The van der Waals surface area contributed by atoms with Gasteiger partial charge in [0, 0.05) is 5.56 Å². The van der Waals surface area contributed by atoms with E-state index in [1.807, 2.05) is 12.1 Å². The van der Waals surface area contributed by atoms with Gasteiger partial charge in [-0.15, -0.1) is 0 Å². The second-order valence-corrected chi connectivity index (χ2v) is 5.02. The second kappa shape index (κ2) is 4.34. The molecule has 0 bridgehead atoms. The molecule has 1 aliphatic carbocycles. The Morgan fingerprint density at radius 1 is 1.41 bits per heavy atom. The van der Waals surface area contributed by atoms with Crippen LogP contribution < -0.4 is 0 Å². The molecule has 1 saturated carbocycles. The van der Waals surface area contributed by atoms with Crippen LogP contribution in [0.4, 0.5) is 0 Å². The number of isocyanates is 1. The lowest BCUT2D eigenvalue weighted by Crippen LogP contribution is -2.31. The molecule has 0 atom stereocenters. The Morgan fingerprint density at radius 3 is 2.53 bits per heavy atom. The summed E-state index contributed by atoms with van der Waals surface area (Å²) in [5, 5.41) is 10.1. The average molecular weight is 231 g/mol. The van der Waals surface area contributed by atoms with Crippen LogP contribution in [-0.4, -0.2) is 11.2 Å². The minimum Gasteiger partial charge on any atom is -0.508 e. The maximum atomic E-state index is 10.5. The first-order chi connectivity index (χ1) is 8.09. The molecule has 1 aromatic carbocycles. The summed E-state index contributed by atoms with van der Waals surface area (Å²) < 4.78 is 0. The third kappa shape index (κ3) is 1.98. The maximum Gasteiger partial charge on any atom is 0.235 e. The minimum atomic E-state index is -0.513. The van der Waals surface area contributed by atoms with E-state index in [2.05, 4.69) is 18.8 Å². The highest BCUT2D eigenvalue weighted by molar-refractivity contribution is 5.46. The van der Waals surface area contributed by atoms with Crippen molar-refractivity contribution < 1.29 is 9.90 Å². The zero-order valence-electron chi connectivity index (χ0n) is 10.2. The van der Waals surface area contributed by atoms with Gasteiger partial charge in [-0.3, -0.25) is 0 Å². The highest BCUT2D eigenvalue weighted by Crippen LogP contribution is 2.48. The van der Waals surface area contributed by atoms with E-state index in [9.17, 15) is 9.90 Å². The summed E-state index contributed by atoms with van der Waals surface area (Å²) in [4.78, 5) is 14.4. The van der Waals surface area contributed by atoms with E-state index in [-0.39, 0.29) is 5.75 Å². The molecule has 0 heterocycles. The van der Waals surface area contributed by atoms with Gasteiger partial charge in [0.25, 0.3) is 0 Å². The van der Waals surface area contributed by atoms with Crippen LogP contribution in [0.2, 0.25) is 0 Å². The Bertz CT molecular complexity index is 469. The highest BCUT2D eigenvalue weighted by Gasteiger charge is 2.40. The van der Waals surface area contributed by atoms with Crippen molar-refractivity contribution in [2.45, 2.75) is 44.6 Å². The molecule has 0 unspecified atom stereocenters. The normalized spacial score (nSPS) is 17.4. The Kier molecular flexibility index (Phi) is 3.03. The molecule has 17 heavy (non-hydrogen) atoms. The van der Waals surface area contributed by atoms with Gasteiger partial charge in [0.1, 0.15) is 11.3 Å². The molecular weight excluding hydrogens is 214 g/mol. The van der Waals surface area contributed by atoms with Crippen molar-refractivity contribution in [3.8, 4) is 5.75 Å². The number of aliphatic imine (C=N–C) groups is 1. The van der Waals surface area contributed by atoms with Crippen LogP contribution in [0.3, 0.4) is 0 Å². The number of carbonyl (C=O) groups excluding carboxylic acids is 1. The lowest BCUT2D eigenvalue weighted by atomic mass is 9.72. The first-order valence-electron chi connectivity index (χ1n) is 6.01. The van der Waals surface area contributed by atoms with Gasteiger partial charge in [0.15, 0.2) is 0 Å². The number of hydrogen-bond donors (Lipinski definition) is 1. The van der Waals surface area contributed by atoms with Gasteiger partial charge < -0.3 is 5.11 Å². The Labute approximate surface area is 101 Å². The molecule has 1 fully saturated rings. The number of rotatable bonds is 3. The summed E-state index contributed by atoms with van der Waals surface area (Å²) in [5.41, 5.74) is 1.34. The maximum absolute atomic E-state index is 10.5. The number of nitrogens with zero attached hydrogens (tertiary/aromatic N) is 1. The van der Waals surface area contributed by atoms with Crippen LogP contribution in [0.15, 0.2) is 23.2 Å². The predicted molar refractivity (Wildman–Crippen MR) is 65.8 cm³/mol. The number of hydrogen-bond acceptors (Lipinski definition) is 3. The molecule has 0 amide bonds. The van der Waals surface area contributed by atoms with Gasteiger partial charge >= 0.3 is 0 Å². The quantitative estimate of drug-likeness (QED) is 0.641. The molecule has 0 aliphatic heterocycles. The van der Waals surface area contributed by atoms with E-state index < -0.39 is 5.54 Å². The van der Waals surface area contributed by atoms with E-state index in [0.717, 1.165) is 30.4 Å². The van der Waals surface area contributed by atoms with Gasteiger partial charge in [0.2, 0.25) is 6.08 Å². The Morgan fingerprint density at radius 2 is 2.12 bits per heavy atom. The highest BCUT2D eigenvalue weighted by atomic mass is 16.3. The van der Waals surface area contributed by atoms with Crippen LogP contribution in [0, 0.1) is 0 Å². The number of aromatic hydroxyl groups is 1. The lowest BCUT2D eigenvalue weighted by Gasteiger charge is -2.37. The lowest BCUT2D eigenvalue weighted by molar-refractivity contribution is 0.247. The van der Waals surface area contributed by atoms with Crippen LogP contribution >= 0.6 is 0 Å². The summed E-state index contributed by atoms with van der Waals surface area (Å²) >= 11 is 0. The van der Waals surface area contributed by atoms with E-state index in [4.69, 9.17) is 0 Å². The largest absolute Gasteiger partial charge is 0.508 e. The van der Waals surface area contributed by atoms with E-state index in [1.165, 1.54) is 0 Å². The summed E-state index contributed by atoms with van der Waals surface area (Å²) in [6.07, 6.45) is 4.31. The number of phenols is 1. The molecule has 0 spiro atoms. The van der Waals surface area contributed by atoms with E-state index in [0.29, 0.717) is 5.92 Å². The fourth-order valence-corrected chi connectivity index (χ4v) is 2.34. The topological polar surface area (TPSA) is 49.7 Å². The van der Waals surface area contributed by atoms with Crippen molar-refractivity contribution in [3.05, 3.63) is 29.3 Å². The van der Waals surface area contributed by atoms with Crippen molar-refractivity contribution in [1.82, 2.24) is 0 Å². The molecule has 0 aromatic heterocycles. The van der Waals surface area contributed by atoms with Crippen molar-refractivity contribution in [2.24, 2.45) is 4.99 Å². The van der Waals surface area contributed by atoms with Crippen molar-refractivity contribution >= 4 is 6.08 Å². The summed E-state index contributed by atoms with van der Waals surface area (Å²) in [5.74, 6) is 0.622. The van der Waals surface area contributed by atoms with Gasteiger partial charge in [0.05, 0.1) is 0 Å². The standard InChI is InChI=1S/C14H17NO2/c1-10(2)11-4-5-12(13(17)8-11)14(15-9-16)6-3-7-14/h4-5,8,10,17H,3,6-7H2,1-2H3. The molecule has 3 nitrogen and oxygen atoms in total. The smallest absolute Gasteiger partial charge is 0.235 e. The first-order valence-corrected chi connectivity index (χ1v) is 6.01. The van der Waals surface area contributed by atoms with Crippen LogP contribution in [-0.2, 0) is 10.3 Å². The van der Waals surface area contributed by atoms with E-state index >= 15 is 0 Å². The molecule has 1 N–H and O–H groups in total. The molecule has 0 radical (unpaired) electrons. The monoisotopic (exact) mass is 231 g/mol. The fraction of sp³-hybridized carbons (Fsp3) is 0.500. The zero-order valence-corrected chi connectivity index (χ0v) is 10.2. The zero-order chi connectivity index (χ0) is 12.5. The van der Waals surface area contributed by atoms with Gasteiger partial charge in [-0.2, -0.15) is 4.99 Å². The van der Waals surface area contributed by atoms with Crippen LogP contribution in [0.5, 0.6) is 5.75 Å². The fourth-order valence-electron chi connectivity index (χ4n) is 2.34. The van der Waals surface area contributed by atoms with Crippen molar-refractivity contribution in [3.63, 3.8) is 0 Å². The molecule has 90 valence electrons. The minimum absolute atomic E-state index is 0.245. The molecule has 3 heteroatoms. The number of phenolic OH excluding ortho intramolecular Hbond substituents is 1. The van der Waals surface area contributed by atoms with Gasteiger partial charge in [-0.1, -0.05) is 26.0 Å². The third-order valence-electron chi connectivity index (χ3n) is 3.63. The molecule has 2 rings (SSSR count). The molecule has 1 aromatic rings. The van der Waals surface area contributed by atoms with Crippen molar-refractivity contribution in [1.29, 1.82) is 0 Å². The van der Waals surface area contributed by atoms with E-state index in [1.54, 1.807) is 12.1 Å². The molecule has 0 saturated heterocycles. The predicted octanol–water partition coefficient (Wildman–Crippen LogP) is 3.23. The number of benzene rings is 1. The van der Waals surface area contributed by atoms with Crippen LogP contribution in [0.1, 0.15) is 50.2 Å². The summed E-state index contributed by atoms with van der Waals surface area (Å²) in [6.45, 7) is 4.16. The van der Waals surface area contributed by atoms with Crippen LogP contribution in [0.25, 0.3) is 0 Å². The first kappa shape index (κ1) is 11.9. The molecular formula is C14H17NO2. The molecule has 1 aliphatic rings.